The van der Waals surface area contributed by atoms with E-state index in [1.807, 2.05) is 25.1 Å². The molecule has 0 saturated carbocycles. The van der Waals surface area contributed by atoms with Crippen molar-refractivity contribution in [2.24, 2.45) is 0 Å². The number of rotatable bonds is 9. The van der Waals surface area contributed by atoms with Gasteiger partial charge in [-0.3, -0.25) is 4.79 Å². The summed E-state index contributed by atoms with van der Waals surface area (Å²) >= 11 is 0. The SMILES string of the molecule is CCC(OC)C(=O)Nc1cccc(OCCCc2nn[nH]n2)c1. The summed E-state index contributed by atoms with van der Waals surface area (Å²) in [6, 6.07) is 7.27. The Hall–Kier alpha value is -2.48. The molecule has 1 heterocycles. The number of carbonyl (C=O) groups excluding carboxylic acids is 1. The van der Waals surface area contributed by atoms with E-state index in [1.165, 1.54) is 7.11 Å². The van der Waals surface area contributed by atoms with Gasteiger partial charge in [0, 0.05) is 25.3 Å². The van der Waals surface area contributed by atoms with Crippen molar-refractivity contribution < 1.29 is 14.3 Å². The summed E-state index contributed by atoms with van der Waals surface area (Å²) in [4.78, 5) is 12.0. The van der Waals surface area contributed by atoms with Crippen LogP contribution in [0, 0.1) is 0 Å². The molecule has 124 valence electrons. The van der Waals surface area contributed by atoms with Crippen LogP contribution in [0.4, 0.5) is 5.69 Å². The second-order valence-electron chi connectivity index (χ2n) is 4.93. The number of methoxy groups -OCH3 is 1. The summed E-state index contributed by atoms with van der Waals surface area (Å²) in [5, 5.41) is 16.5. The zero-order valence-electron chi connectivity index (χ0n) is 13.3. The molecule has 8 nitrogen and oxygen atoms in total. The topological polar surface area (TPSA) is 102 Å². The lowest BCUT2D eigenvalue weighted by atomic mass is 10.2. The van der Waals surface area contributed by atoms with E-state index >= 15 is 0 Å². The minimum atomic E-state index is -0.450. The molecule has 0 radical (unpaired) electrons. The third kappa shape index (κ3) is 5.33. The van der Waals surface area contributed by atoms with Crippen LogP contribution in [0.5, 0.6) is 5.75 Å². The maximum absolute atomic E-state index is 12.0. The van der Waals surface area contributed by atoms with E-state index in [0.29, 0.717) is 36.7 Å². The number of aromatic amines is 1. The van der Waals surface area contributed by atoms with Crippen molar-refractivity contribution in [3.8, 4) is 5.75 Å². The molecule has 1 amide bonds. The molecule has 0 spiro atoms. The van der Waals surface area contributed by atoms with Crippen molar-refractivity contribution >= 4 is 11.6 Å². The molecular formula is C15H21N5O3. The lowest BCUT2D eigenvalue weighted by Crippen LogP contribution is -2.28. The number of amides is 1. The number of hydrogen-bond donors (Lipinski definition) is 2. The predicted octanol–water partition coefficient (Wildman–Crippen LogP) is 1.57. The molecule has 0 aliphatic heterocycles. The Balaban J connectivity index is 1.80. The van der Waals surface area contributed by atoms with Crippen molar-refractivity contribution in [2.45, 2.75) is 32.3 Å². The van der Waals surface area contributed by atoms with Gasteiger partial charge in [-0.15, -0.1) is 10.2 Å². The Bertz CT molecular complexity index is 599. The molecule has 1 unspecified atom stereocenters. The summed E-state index contributed by atoms with van der Waals surface area (Å²) in [6.45, 7) is 2.43. The molecule has 1 atom stereocenters. The molecule has 2 rings (SSSR count). The number of hydrogen-bond acceptors (Lipinski definition) is 6. The first-order valence-corrected chi connectivity index (χ1v) is 7.51. The Labute approximate surface area is 134 Å². The van der Waals surface area contributed by atoms with Gasteiger partial charge in [0.1, 0.15) is 11.9 Å². The van der Waals surface area contributed by atoms with Crippen LogP contribution in [-0.4, -0.2) is 46.4 Å². The summed E-state index contributed by atoms with van der Waals surface area (Å²) in [5.41, 5.74) is 0.682. The molecule has 8 heteroatoms. The van der Waals surface area contributed by atoms with E-state index in [2.05, 4.69) is 25.9 Å². The average molecular weight is 319 g/mol. The van der Waals surface area contributed by atoms with Crippen molar-refractivity contribution in [2.75, 3.05) is 19.0 Å². The highest BCUT2D eigenvalue weighted by Crippen LogP contribution is 2.18. The summed E-state index contributed by atoms with van der Waals surface area (Å²) in [7, 11) is 1.52. The number of nitrogens with zero attached hydrogens (tertiary/aromatic N) is 3. The van der Waals surface area contributed by atoms with Crippen molar-refractivity contribution in [3.05, 3.63) is 30.1 Å². The van der Waals surface area contributed by atoms with Gasteiger partial charge >= 0.3 is 0 Å². The Morgan fingerprint density at radius 3 is 3.00 bits per heavy atom. The standard InChI is InChI=1S/C15H21N5O3/c1-3-13(22-2)15(21)16-11-6-4-7-12(10-11)23-9-5-8-14-17-19-20-18-14/h4,6-7,10,13H,3,5,8-9H2,1-2H3,(H,16,21)(H,17,18,19,20). The Morgan fingerprint density at radius 2 is 2.30 bits per heavy atom. The van der Waals surface area contributed by atoms with E-state index in [0.717, 1.165) is 6.42 Å². The second kappa shape index (κ2) is 8.84. The van der Waals surface area contributed by atoms with Gasteiger partial charge in [0.05, 0.1) is 6.61 Å². The predicted molar refractivity (Wildman–Crippen MR) is 84.2 cm³/mol. The van der Waals surface area contributed by atoms with E-state index in [4.69, 9.17) is 9.47 Å². The lowest BCUT2D eigenvalue weighted by molar-refractivity contribution is -0.125. The first-order chi connectivity index (χ1) is 11.2. The summed E-state index contributed by atoms with van der Waals surface area (Å²) in [6.07, 6.45) is 1.64. The van der Waals surface area contributed by atoms with Gasteiger partial charge in [-0.25, -0.2) is 0 Å². The Kier molecular flexibility index (Phi) is 6.49. The van der Waals surface area contributed by atoms with Gasteiger partial charge in [-0.05, 0) is 25.0 Å². The van der Waals surface area contributed by atoms with Crippen LogP contribution in [0.3, 0.4) is 0 Å². The summed E-state index contributed by atoms with van der Waals surface area (Å²) < 4.78 is 10.8. The number of aromatic nitrogens is 4. The number of aryl methyl sites for hydroxylation is 1. The number of nitrogens with one attached hydrogen (secondary N) is 2. The fourth-order valence-corrected chi connectivity index (χ4v) is 2.05. The molecule has 0 aliphatic carbocycles. The molecular weight excluding hydrogens is 298 g/mol. The van der Waals surface area contributed by atoms with Gasteiger partial charge < -0.3 is 14.8 Å². The molecule has 1 aromatic heterocycles. The molecule has 0 saturated heterocycles. The zero-order chi connectivity index (χ0) is 16.5. The average Bonchev–Trinajstić information content (AvgIpc) is 3.06. The van der Waals surface area contributed by atoms with Gasteiger partial charge in [-0.1, -0.05) is 18.2 Å². The quantitative estimate of drug-likeness (QED) is 0.680. The van der Waals surface area contributed by atoms with E-state index in [1.54, 1.807) is 6.07 Å². The van der Waals surface area contributed by atoms with Crippen molar-refractivity contribution in [1.29, 1.82) is 0 Å². The van der Waals surface area contributed by atoms with Gasteiger partial charge in [0.2, 0.25) is 0 Å². The molecule has 1 aromatic carbocycles. The van der Waals surface area contributed by atoms with Crippen molar-refractivity contribution in [1.82, 2.24) is 20.6 Å². The van der Waals surface area contributed by atoms with Crippen LogP contribution in [0.1, 0.15) is 25.6 Å². The van der Waals surface area contributed by atoms with Crippen LogP contribution in [0.2, 0.25) is 0 Å². The number of anilines is 1. The first-order valence-electron chi connectivity index (χ1n) is 7.51. The fourth-order valence-electron chi connectivity index (χ4n) is 2.05. The van der Waals surface area contributed by atoms with E-state index < -0.39 is 6.10 Å². The van der Waals surface area contributed by atoms with Crippen molar-refractivity contribution in [3.63, 3.8) is 0 Å². The largest absolute Gasteiger partial charge is 0.494 e. The maximum atomic E-state index is 12.0. The zero-order valence-corrected chi connectivity index (χ0v) is 13.3. The lowest BCUT2D eigenvalue weighted by Gasteiger charge is -2.14. The van der Waals surface area contributed by atoms with Gasteiger partial charge in [0.15, 0.2) is 5.82 Å². The maximum Gasteiger partial charge on any atom is 0.253 e. The first kappa shape index (κ1) is 16.9. The number of carbonyl (C=O) groups is 1. The van der Waals surface area contributed by atoms with Crippen LogP contribution in [0.25, 0.3) is 0 Å². The number of H-pyrrole nitrogens is 1. The molecule has 2 aromatic rings. The third-order valence-electron chi connectivity index (χ3n) is 3.25. The van der Waals surface area contributed by atoms with Crippen LogP contribution in [-0.2, 0) is 16.0 Å². The van der Waals surface area contributed by atoms with Gasteiger partial charge in [0.25, 0.3) is 5.91 Å². The number of ether oxygens (including phenoxy) is 2. The second-order valence-corrected chi connectivity index (χ2v) is 4.93. The summed E-state index contributed by atoms with van der Waals surface area (Å²) in [5.74, 6) is 1.20. The highest BCUT2D eigenvalue weighted by molar-refractivity contribution is 5.94. The smallest absolute Gasteiger partial charge is 0.253 e. The van der Waals surface area contributed by atoms with Gasteiger partial charge in [-0.2, -0.15) is 5.21 Å². The van der Waals surface area contributed by atoms with Crippen LogP contribution >= 0.6 is 0 Å². The monoisotopic (exact) mass is 319 g/mol. The molecule has 23 heavy (non-hydrogen) atoms. The normalized spacial score (nSPS) is 11.9. The molecule has 0 aliphatic rings. The van der Waals surface area contributed by atoms with Crippen LogP contribution in [0.15, 0.2) is 24.3 Å². The minimum Gasteiger partial charge on any atom is -0.494 e. The highest BCUT2D eigenvalue weighted by Gasteiger charge is 2.15. The molecule has 0 fully saturated rings. The number of tetrazole rings is 1. The van der Waals surface area contributed by atoms with E-state index in [9.17, 15) is 4.79 Å². The third-order valence-corrected chi connectivity index (χ3v) is 3.25. The van der Waals surface area contributed by atoms with E-state index in [-0.39, 0.29) is 5.91 Å². The molecule has 0 bridgehead atoms. The number of benzene rings is 1. The molecule has 2 N–H and O–H groups in total. The van der Waals surface area contributed by atoms with Crippen LogP contribution < -0.4 is 10.1 Å². The Morgan fingerprint density at radius 1 is 1.43 bits per heavy atom. The minimum absolute atomic E-state index is 0.163. The fraction of sp³-hybridized carbons (Fsp3) is 0.467. The highest BCUT2D eigenvalue weighted by atomic mass is 16.5.